The lowest BCUT2D eigenvalue weighted by molar-refractivity contribution is 0.413. The molecule has 24 heavy (non-hydrogen) atoms. The molecule has 1 atom stereocenters. The van der Waals surface area contributed by atoms with E-state index in [2.05, 4.69) is 12.1 Å². The van der Waals surface area contributed by atoms with Crippen LogP contribution in [-0.2, 0) is 10.0 Å². The molecule has 3 rings (SSSR count). The predicted octanol–water partition coefficient (Wildman–Crippen LogP) is 3.56. The van der Waals surface area contributed by atoms with Crippen molar-refractivity contribution in [2.24, 2.45) is 0 Å². The minimum Gasteiger partial charge on any atom is -0.497 e. The van der Waals surface area contributed by atoms with Crippen LogP contribution in [0.1, 0.15) is 17.2 Å². The van der Waals surface area contributed by atoms with Crippen molar-refractivity contribution in [2.75, 3.05) is 26.0 Å². The molecule has 128 valence electrons. The molecule has 1 fully saturated rings. The largest absolute Gasteiger partial charge is 0.497 e. The van der Waals surface area contributed by atoms with E-state index in [4.69, 9.17) is 4.74 Å². The fourth-order valence-electron chi connectivity index (χ4n) is 2.82. The first-order valence-corrected chi connectivity index (χ1v) is 10.4. The van der Waals surface area contributed by atoms with Crippen LogP contribution in [0.2, 0.25) is 0 Å². The zero-order valence-corrected chi connectivity index (χ0v) is 15.2. The van der Waals surface area contributed by atoms with Gasteiger partial charge in [-0.25, -0.2) is 8.42 Å². The van der Waals surface area contributed by atoms with Gasteiger partial charge in [0.1, 0.15) is 5.75 Å². The third-order valence-electron chi connectivity index (χ3n) is 4.17. The van der Waals surface area contributed by atoms with E-state index in [1.165, 1.54) is 5.56 Å². The highest BCUT2D eigenvalue weighted by Gasteiger charge is 2.28. The van der Waals surface area contributed by atoms with Crippen molar-refractivity contribution in [2.45, 2.75) is 16.6 Å². The molecule has 0 bridgehead atoms. The Bertz CT molecular complexity index is 761. The van der Waals surface area contributed by atoms with Crippen molar-refractivity contribution in [3.8, 4) is 5.75 Å². The number of methoxy groups -OCH3 is 1. The second-order valence-electron chi connectivity index (χ2n) is 5.64. The summed E-state index contributed by atoms with van der Waals surface area (Å²) in [5, 5.41) is 0.349. The fraction of sp³-hybridized carbons (Fsp3) is 0.333. The van der Waals surface area contributed by atoms with Crippen LogP contribution in [0, 0.1) is 0 Å². The van der Waals surface area contributed by atoms with Crippen molar-refractivity contribution < 1.29 is 13.2 Å². The van der Waals surface area contributed by atoms with E-state index in [-0.39, 0.29) is 0 Å². The number of hydrogen-bond acceptors (Lipinski definition) is 4. The van der Waals surface area contributed by atoms with E-state index in [0.717, 1.165) is 12.2 Å². The summed E-state index contributed by atoms with van der Waals surface area (Å²) in [5.41, 5.74) is 1.27. The average Bonchev–Trinajstić information content (AvgIpc) is 2.89. The van der Waals surface area contributed by atoms with Crippen LogP contribution in [0.4, 0.5) is 0 Å². The monoisotopic (exact) mass is 363 g/mol. The second kappa shape index (κ2) is 7.59. The highest BCUT2D eigenvalue weighted by Crippen LogP contribution is 2.35. The summed E-state index contributed by atoms with van der Waals surface area (Å²) in [7, 11) is -1.88. The highest BCUT2D eigenvalue weighted by atomic mass is 32.2. The molecular formula is C18H21NO3S2. The van der Waals surface area contributed by atoms with Crippen LogP contribution in [0.25, 0.3) is 0 Å². The number of thioether (sulfide) groups is 1. The predicted molar refractivity (Wildman–Crippen MR) is 98.0 cm³/mol. The molecule has 0 aliphatic carbocycles. The van der Waals surface area contributed by atoms with Gasteiger partial charge >= 0.3 is 0 Å². The topological polar surface area (TPSA) is 46.6 Å². The van der Waals surface area contributed by atoms with Crippen LogP contribution >= 0.6 is 11.8 Å². The van der Waals surface area contributed by atoms with Gasteiger partial charge in [-0.3, -0.25) is 0 Å². The second-order valence-corrected chi connectivity index (χ2v) is 8.89. The van der Waals surface area contributed by atoms with Crippen molar-refractivity contribution in [1.82, 2.24) is 4.31 Å². The Morgan fingerprint density at radius 2 is 1.75 bits per heavy atom. The van der Waals surface area contributed by atoms with E-state index in [9.17, 15) is 8.42 Å². The van der Waals surface area contributed by atoms with Gasteiger partial charge in [0.15, 0.2) is 0 Å². The zero-order chi connectivity index (χ0) is 17.0. The summed E-state index contributed by atoms with van der Waals surface area (Å²) in [4.78, 5) is 0.325. The maximum Gasteiger partial charge on any atom is 0.243 e. The van der Waals surface area contributed by atoms with E-state index in [1.807, 2.05) is 30.0 Å². The third kappa shape index (κ3) is 3.77. The van der Waals surface area contributed by atoms with Crippen LogP contribution in [0.15, 0.2) is 59.5 Å². The van der Waals surface area contributed by atoms with Gasteiger partial charge in [-0.1, -0.05) is 30.3 Å². The molecule has 1 heterocycles. The number of ether oxygens (including phenoxy) is 1. The van der Waals surface area contributed by atoms with Gasteiger partial charge in [-0.05, 0) is 36.2 Å². The summed E-state index contributed by atoms with van der Waals surface area (Å²) in [6, 6.07) is 16.9. The Kier molecular flexibility index (Phi) is 5.48. The number of benzene rings is 2. The van der Waals surface area contributed by atoms with Crippen molar-refractivity contribution in [3.05, 3.63) is 60.2 Å². The third-order valence-corrected chi connectivity index (χ3v) is 7.41. The van der Waals surface area contributed by atoms with Gasteiger partial charge in [-0.15, -0.1) is 0 Å². The highest BCUT2D eigenvalue weighted by molar-refractivity contribution is 7.99. The zero-order valence-electron chi connectivity index (χ0n) is 13.6. The minimum absolute atomic E-state index is 0.325. The number of nitrogens with zero attached hydrogens (tertiary/aromatic N) is 1. The Hall–Kier alpha value is -1.50. The molecule has 0 N–H and O–H groups in total. The molecule has 1 unspecified atom stereocenters. The molecule has 0 saturated carbocycles. The van der Waals surface area contributed by atoms with Crippen molar-refractivity contribution in [1.29, 1.82) is 0 Å². The number of sulfonamides is 1. The van der Waals surface area contributed by atoms with Gasteiger partial charge in [0, 0.05) is 24.1 Å². The standard InChI is InChI=1S/C18H21NO3S2/c1-22-16-7-9-17(10-8-16)24(20,21)19-12-11-18(23-14-13-19)15-5-3-2-4-6-15/h2-10,18H,11-14H2,1H3. The Labute approximate surface area is 147 Å². The maximum absolute atomic E-state index is 12.9. The first-order chi connectivity index (χ1) is 11.6. The van der Waals surface area contributed by atoms with Gasteiger partial charge in [0.2, 0.25) is 10.0 Å². The van der Waals surface area contributed by atoms with E-state index in [1.54, 1.807) is 35.7 Å². The van der Waals surface area contributed by atoms with Gasteiger partial charge < -0.3 is 4.74 Å². The SMILES string of the molecule is COc1ccc(S(=O)(=O)N2CCSC(c3ccccc3)CC2)cc1. The summed E-state index contributed by atoms with van der Waals surface area (Å²) >= 11 is 1.83. The lowest BCUT2D eigenvalue weighted by Gasteiger charge is -2.20. The van der Waals surface area contributed by atoms with E-state index >= 15 is 0 Å². The summed E-state index contributed by atoms with van der Waals surface area (Å²) in [6.45, 7) is 1.09. The summed E-state index contributed by atoms with van der Waals surface area (Å²) < 4.78 is 32.4. The van der Waals surface area contributed by atoms with Gasteiger partial charge in [-0.2, -0.15) is 16.1 Å². The lowest BCUT2D eigenvalue weighted by atomic mass is 10.1. The fourth-order valence-corrected chi connectivity index (χ4v) is 5.62. The average molecular weight is 364 g/mol. The molecule has 2 aromatic rings. The molecule has 1 aliphatic rings. The molecule has 0 amide bonds. The van der Waals surface area contributed by atoms with E-state index < -0.39 is 10.0 Å². The molecule has 0 aromatic heterocycles. The normalized spacial score (nSPS) is 19.6. The molecular weight excluding hydrogens is 342 g/mol. The Morgan fingerprint density at radius 3 is 2.42 bits per heavy atom. The first-order valence-electron chi connectivity index (χ1n) is 7.92. The smallest absolute Gasteiger partial charge is 0.243 e. The van der Waals surface area contributed by atoms with Crippen LogP contribution < -0.4 is 4.74 Å². The molecule has 0 radical (unpaired) electrons. The molecule has 0 spiro atoms. The lowest BCUT2D eigenvalue weighted by Crippen LogP contribution is -2.33. The molecule has 4 nitrogen and oxygen atoms in total. The number of hydrogen-bond donors (Lipinski definition) is 0. The summed E-state index contributed by atoms with van der Waals surface area (Å²) in [5.74, 6) is 1.46. The quantitative estimate of drug-likeness (QED) is 0.833. The maximum atomic E-state index is 12.9. The van der Waals surface area contributed by atoms with E-state index in [0.29, 0.717) is 29.0 Å². The Morgan fingerprint density at radius 1 is 1.04 bits per heavy atom. The first kappa shape index (κ1) is 17.3. The molecule has 1 aliphatic heterocycles. The molecule has 6 heteroatoms. The van der Waals surface area contributed by atoms with Crippen molar-refractivity contribution in [3.63, 3.8) is 0 Å². The minimum atomic E-state index is -3.45. The molecule has 2 aromatic carbocycles. The van der Waals surface area contributed by atoms with Crippen LogP contribution in [0.5, 0.6) is 5.75 Å². The number of rotatable bonds is 4. The summed E-state index contributed by atoms with van der Waals surface area (Å²) in [6.07, 6.45) is 0.823. The van der Waals surface area contributed by atoms with Crippen LogP contribution in [-0.4, -0.2) is 38.7 Å². The van der Waals surface area contributed by atoms with Crippen LogP contribution in [0.3, 0.4) is 0 Å². The Balaban J connectivity index is 1.75. The molecule has 1 saturated heterocycles. The van der Waals surface area contributed by atoms with Gasteiger partial charge in [0.05, 0.1) is 12.0 Å². The van der Waals surface area contributed by atoms with Gasteiger partial charge in [0.25, 0.3) is 0 Å². The van der Waals surface area contributed by atoms with Crippen molar-refractivity contribution >= 4 is 21.8 Å².